The van der Waals surface area contributed by atoms with Crippen LogP contribution in [0.2, 0.25) is 0 Å². The number of nitrogens with zero attached hydrogens (tertiary/aromatic N) is 4. The highest BCUT2D eigenvalue weighted by atomic mass is 15.4. The predicted molar refractivity (Wildman–Crippen MR) is 98.5 cm³/mol. The fourth-order valence-electron chi connectivity index (χ4n) is 3.70. The van der Waals surface area contributed by atoms with Crippen molar-refractivity contribution in [3.8, 4) is 0 Å². The second kappa shape index (κ2) is 5.66. The second-order valence-corrected chi connectivity index (χ2v) is 7.91. The molecule has 0 aromatic carbocycles. The Labute approximate surface area is 140 Å². The summed E-state index contributed by atoms with van der Waals surface area (Å²) < 4.78 is 2.22. The van der Waals surface area contributed by atoms with Gasteiger partial charge in [-0.3, -0.25) is 9.56 Å². The average Bonchev–Trinajstić information content (AvgIpc) is 2.67. The number of anilines is 1. The van der Waals surface area contributed by atoms with Crippen LogP contribution in [0.5, 0.6) is 0 Å². The molecule has 2 heterocycles. The average molecular weight is 314 g/mol. The van der Waals surface area contributed by atoms with Crippen molar-refractivity contribution in [1.82, 2.24) is 9.55 Å². The lowest BCUT2D eigenvalue weighted by molar-refractivity contribution is 0.363. The van der Waals surface area contributed by atoms with Crippen LogP contribution >= 0.6 is 0 Å². The lowest BCUT2D eigenvalue weighted by Crippen LogP contribution is -2.52. The van der Waals surface area contributed by atoms with E-state index in [0.29, 0.717) is 0 Å². The first-order valence-electron chi connectivity index (χ1n) is 8.20. The molecule has 1 aromatic rings. The van der Waals surface area contributed by atoms with Crippen LogP contribution in [0.3, 0.4) is 0 Å². The molecule has 0 unspecified atom stereocenters. The molecule has 126 valence electrons. The van der Waals surface area contributed by atoms with Gasteiger partial charge in [-0.1, -0.05) is 12.7 Å². The van der Waals surface area contributed by atoms with Crippen molar-refractivity contribution in [3.63, 3.8) is 0 Å². The third kappa shape index (κ3) is 2.99. The highest BCUT2D eigenvalue weighted by Gasteiger charge is 2.43. The number of allylic oxidation sites excluding steroid dienone is 3. The van der Waals surface area contributed by atoms with Crippen LogP contribution in [0.4, 0.5) is 5.95 Å². The van der Waals surface area contributed by atoms with Gasteiger partial charge in [-0.2, -0.15) is 0 Å². The molecule has 0 saturated carbocycles. The Morgan fingerprint density at radius 3 is 2.43 bits per heavy atom. The zero-order chi connectivity index (χ0) is 17.6. The van der Waals surface area contributed by atoms with E-state index >= 15 is 0 Å². The molecule has 0 N–H and O–H groups in total. The fourth-order valence-corrected chi connectivity index (χ4v) is 3.70. The summed E-state index contributed by atoms with van der Waals surface area (Å²) in [7, 11) is 1.84. The Hall–Kier alpha value is -1.84. The summed E-state index contributed by atoms with van der Waals surface area (Å²) in [5, 5.41) is 0. The van der Waals surface area contributed by atoms with Gasteiger partial charge in [0.15, 0.2) is 0 Å². The van der Waals surface area contributed by atoms with Crippen molar-refractivity contribution < 1.29 is 0 Å². The molecule has 1 aromatic heterocycles. The van der Waals surface area contributed by atoms with Gasteiger partial charge < -0.3 is 4.90 Å². The highest BCUT2D eigenvalue weighted by Crippen LogP contribution is 2.37. The molecule has 1 aliphatic heterocycles. The predicted octanol–water partition coefficient (Wildman–Crippen LogP) is 3.79. The SMILES string of the molecule is C=C(C)/C(=C\C)c1cc(=NC)n2c(n1)N(C(C)(C)C)C(C)(C)C2. The van der Waals surface area contributed by atoms with E-state index in [9.17, 15) is 0 Å². The van der Waals surface area contributed by atoms with E-state index in [2.05, 4.69) is 67.8 Å². The van der Waals surface area contributed by atoms with Crippen molar-refractivity contribution in [1.29, 1.82) is 0 Å². The van der Waals surface area contributed by atoms with Gasteiger partial charge in [0, 0.05) is 18.7 Å². The first-order chi connectivity index (χ1) is 10.5. The lowest BCUT2D eigenvalue weighted by atomic mass is 9.97. The molecule has 23 heavy (non-hydrogen) atoms. The van der Waals surface area contributed by atoms with Gasteiger partial charge in [-0.15, -0.1) is 0 Å². The Morgan fingerprint density at radius 1 is 1.39 bits per heavy atom. The molecule has 4 heteroatoms. The highest BCUT2D eigenvalue weighted by molar-refractivity contribution is 5.76. The topological polar surface area (TPSA) is 33.4 Å². The minimum Gasteiger partial charge on any atom is -0.330 e. The molecule has 1 aliphatic rings. The molecule has 0 atom stereocenters. The van der Waals surface area contributed by atoms with Crippen LogP contribution in [0.25, 0.3) is 5.57 Å². The van der Waals surface area contributed by atoms with Crippen LogP contribution in [0, 0.1) is 0 Å². The molecule has 0 radical (unpaired) electrons. The second-order valence-electron chi connectivity index (χ2n) is 7.91. The number of hydrogen-bond acceptors (Lipinski definition) is 3. The van der Waals surface area contributed by atoms with Gasteiger partial charge in [0.1, 0.15) is 5.49 Å². The zero-order valence-corrected chi connectivity index (χ0v) is 15.9. The summed E-state index contributed by atoms with van der Waals surface area (Å²) in [6, 6.07) is 2.07. The summed E-state index contributed by atoms with van der Waals surface area (Å²) in [5.74, 6) is 0.987. The molecule has 0 spiro atoms. The van der Waals surface area contributed by atoms with Gasteiger partial charge in [0.05, 0.1) is 17.8 Å². The molecule has 4 nitrogen and oxygen atoms in total. The van der Waals surface area contributed by atoms with E-state index in [4.69, 9.17) is 4.98 Å². The summed E-state index contributed by atoms with van der Waals surface area (Å²) in [6.45, 7) is 20.3. The van der Waals surface area contributed by atoms with Crippen LogP contribution in [0.1, 0.15) is 54.2 Å². The van der Waals surface area contributed by atoms with Crippen LogP contribution in [-0.4, -0.2) is 27.7 Å². The summed E-state index contributed by atoms with van der Waals surface area (Å²) >= 11 is 0. The lowest BCUT2D eigenvalue weighted by Gasteiger charge is -2.42. The third-order valence-corrected chi connectivity index (χ3v) is 4.28. The monoisotopic (exact) mass is 314 g/mol. The fraction of sp³-hybridized carbons (Fsp3) is 0.579. The quantitative estimate of drug-likeness (QED) is 0.778. The minimum absolute atomic E-state index is 0.00434. The molecule has 2 rings (SSSR count). The van der Waals surface area contributed by atoms with Gasteiger partial charge in [0.25, 0.3) is 0 Å². The molecule has 0 amide bonds. The van der Waals surface area contributed by atoms with Crippen molar-refractivity contribution in [3.05, 3.63) is 35.5 Å². The van der Waals surface area contributed by atoms with Crippen LogP contribution in [0.15, 0.2) is 29.3 Å². The van der Waals surface area contributed by atoms with Crippen molar-refractivity contribution in [2.24, 2.45) is 4.99 Å². The zero-order valence-electron chi connectivity index (χ0n) is 15.9. The van der Waals surface area contributed by atoms with Crippen LogP contribution in [-0.2, 0) is 6.54 Å². The Kier molecular flexibility index (Phi) is 4.31. The minimum atomic E-state index is -0.0162. The van der Waals surface area contributed by atoms with E-state index in [-0.39, 0.29) is 11.1 Å². The largest absolute Gasteiger partial charge is 0.330 e. The van der Waals surface area contributed by atoms with Crippen LogP contribution < -0.4 is 10.4 Å². The van der Waals surface area contributed by atoms with Gasteiger partial charge in [-0.25, -0.2) is 4.98 Å². The molecule has 0 aliphatic carbocycles. The smallest absolute Gasteiger partial charge is 0.208 e. The summed E-state index contributed by atoms with van der Waals surface area (Å²) in [5.41, 5.74) is 3.99. The van der Waals surface area contributed by atoms with E-state index in [1.807, 2.05) is 20.9 Å². The summed E-state index contributed by atoms with van der Waals surface area (Å²) in [6.07, 6.45) is 2.07. The van der Waals surface area contributed by atoms with E-state index in [0.717, 1.165) is 34.8 Å². The Bertz CT molecular complexity index is 727. The van der Waals surface area contributed by atoms with Crippen molar-refractivity contribution >= 4 is 11.5 Å². The number of hydrogen-bond donors (Lipinski definition) is 0. The normalized spacial score (nSPS) is 18.3. The van der Waals surface area contributed by atoms with Crippen molar-refractivity contribution in [2.45, 2.75) is 66.1 Å². The van der Waals surface area contributed by atoms with E-state index in [1.54, 1.807) is 0 Å². The maximum Gasteiger partial charge on any atom is 0.208 e. The van der Waals surface area contributed by atoms with E-state index < -0.39 is 0 Å². The number of rotatable bonds is 2. The van der Waals surface area contributed by atoms with Gasteiger partial charge >= 0.3 is 0 Å². The molecule has 0 saturated heterocycles. The Balaban J connectivity index is 2.79. The molecule has 0 bridgehead atoms. The van der Waals surface area contributed by atoms with Crippen molar-refractivity contribution in [2.75, 3.05) is 11.9 Å². The standard InChI is InChI=1S/C19H30N4/c1-10-14(13(2)3)15-11-16(20-9)22-12-19(7,8)23(17(22)21-15)18(4,5)6/h10-11H,2,12H2,1,3-9H3/b14-10+,20-16?. The molecular formula is C19H30N4. The molecule has 0 fully saturated rings. The maximum atomic E-state index is 5.00. The maximum absolute atomic E-state index is 5.00. The molecular weight excluding hydrogens is 284 g/mol. The van der Waals surface area contributed by atoms with Gasteiger partial charge in [0.2, 0.25) is 5.95 Å². The first kappa shape index (κ1) is 17.5. The third-order valence-electron chi connectivity index (χ3n) is 4.28. The van der Waals surface area contributed by atoms with Gasteiger partial charge in [-0.05, 0) is 59.6 Å². The van der Waals surface area contributed by atoms with E-state index in [1.165, 1.54) is 0 Å². The number of aromatic nitrogens is 2. The summed E-state index contributed by atoms with van der Waals surface area (Å²) in [4.78, 5) is 11.9. The number of fused-ring (bicyclic) bond motifs is 1. The Morgan fingerprint density at radius 2 is 2.00 bits per heavy atom. The first-order valence-corrected chi connectivity index (χ1v) is 8.20.